The normalized spacial score (nSPS) is 16.7. The van der Waals surface area contributed by atoms with Crippen molar-refractivity contribution in [1.29, 1.82) is 0 Å². The van der Waals surface area contributed by atoms with E-state index in [1.54, 1.807) is 0 Å². The van der Waals surface area contributed by atoms with E-state index in [9.17, 15) is 9.79 Å². The molecular weight excluding hydrogens is 191 g/mol. The summed E-state index contributed by atoms with van der Waals surface area (Å²) >= 11 is 0. The summed E-state index contributed by atoms with van der Waals surface area (Å²) < 4.78 is 0. The average molecular weight is 212 g/mol. The summed E-state index contributed by atoms with van der Waals surface area (Å²) in [6.07, 6.45) is 0. The maximum atomic E-state index is 10.0. The Kier molecular flexibility index (Phi) is 3.13. The molecule has 0 unspecified atom stereocenters. The summed E-state index contributed by atoms with van der Waals surface area (Å²) in [6.45, 7) is 9.49. The van der Waals surface area contributed by atoms with Crippen LogP contribution in [-0.4, -0.2) is 25.3 Å². The van der Waals surface area contributed by atoms with E-state index >= 15 is 0 Å². The second-order valence-corrected chi connectivity index (χ2v) is 30.2. The van der Waals surface area contributed by atoms with Crippen LogP contribution in [0, 0.1) is 0 Å². The molecule has 0 heterocycles. The molecule has 0 aromatic rings. The molecule has 0 radical (unpaired) electrons. The van der Waals surface area contributed by atoms with Gasteiger partial charge in [-0.2, -0.15) is 0 Å². The molecule has 0 rings (SSSR count). The minimum absolute atomic E-state index is 1.71. The molecule has 0 aromatic heterocycles. The summed E-state index contributed by atoms with van der Waals surface area (Å²) in [4.78, 5) is 20.0. The standard InChI is InChI=1S/C6H21O2PSi2/c1-10(2,3)9(7,8)11(4,5)6/h7-9H,1-6H3. The maximum absolute atomic E-state index is 10.0. The van der Waals surface area contributed by atoms with E-state index < -0.39 is 22.3 Å². The molecule has 0 fully saturated rings. The van der Waals surface area contributed by atoms with Gasteiger partial charge in [0.2, 0.25) is 0 Å². The van der Waals surface area contributed by atoms with Crippen LogP contribution in [0.4, 0.5) is 0 Å². The third kappa shape index (κ3) is 2.36. The summed E-state index contributed by atoms with van der Waals surface area (Å²) in [7, 11) is -3.42. The van der Waals surface area contributed by atoms with Crippen LogP contribution in [0.3, 0.4) is 0 Å². The zero-order chi connectivity index (χ0) is 9.50. The quantitative estimate of drug-likeness (QED) is 0.544. The van der Waals surface area contributed by atoms with E-state index in [-0.39, 0.29) is 0 Å². The van der Waals surface area contributed by atoms with Crippen molar-refractivity contribution < 1.29 is 9.79 Å². The van der Waals surface area contributed by atoms with Crippen LogP contribution >= 0.6 is 6.81 Å². The first-order valence-corrected chi connectivity index (χ1v) is 14.8. The Hall–Kier alpha value is 0.784. The molecule has 0 bridgehead atoms. The fraction of sp³-hybridized carbons (Fsp3) is 1.00. The molecule has 0 aliphatic heterocycles. The molecule has 0 saturated heterocycles. The molecular formula is C6H21O2PSi2. The average Bonchev–Trinajstić information content (AvgIpc) is 1.58. The molecule has 0 aliphatic rings. The molecule has 0 spiro atoms. The Bertz CT molecular complexity index is 130. The van der Waals surface area contributed by atoms with E-state index in [0.717, 1.165) is 0 Å². The predicted octanol–water partition coefficient (Wildman–Crippen LogP) is 2.22. The Morgan fingerprint density at radius 2 is 0.909 bits per heavy atom. The van der Waals surface area contributed by atoms with E-state index in [0.29, 0.717) is 0 Å². The molecule has 0 saturated carbocycles. The van der Waals surface area contributed by atoms with Crippen LogP contribution < -0.4 is 0 Å². The molecule has 5 heteroatoms. The van der Waals surface area contributed by atoms with Crippen molar-refractivity contribution in [1.82, 2.24) is 0 Å². The summed E-state index contributed by atoms with van der Waals surface area (Å²) in [6, 6.07) is 0. The fourth-order valence-corrected chi connectivity index (χ4v) is 30.4. The first-order chi connectivity index (χ1) is 4.50. The van der Waals surface area contributed by atoms with Gasteiger partial charge in [-0.25, -0.2) is 0 Å². The van der Waals surface area contributed by atoms with Crippen LogP contribution in [0.15, 0.2) is 0 Å². The third-order valence-electron chi connectivity index (χ3n) is 2.09. The van der Waals surface area contributed by atoms with E-state index in [4.69, 9.17) is 0 Å². The molecule has 2 N–H and O–H groups in total. The minimum atomic E-state index is -2.83. The van der Waals surface area contributed by atoms with Gasteiger partial charge in [0.25, 0.3) is 0 Å². The summed E-state index contributed by atoms with van der Waals surface area (Å²) in [5, 5.41) is 0. The topological polar surface area (TPSA) is 40.5 Å². The van der Waals surface area contributed by atoms with Crippen LogP contribution in [0.5, 0.6) is 0 Å². The molecule has 2 nitrogen and oxygen atoms in total. The fourth-order valence-electron chi connectivity index (χ4n) is 1.12. The first-order valence-electron chi connectivity index (χ1n) is 3.95. The zero-order valence-corrected chi connectivity index (χ0v) is 11.4. The molecule has 0 amide bonds. The van der Waals surface area contributed by atoms with Gasteiger partial charge in [-0.3, -0.25) is 0 Å². The van der Waals surface area contributed by atoms with Crippen molar-refractivity contribution in [2.24, 2.45) is 0 Å². The molecule has 0 aliphatic carbocycles. The van der Waals surface area contributed by atoms with Crippen molar-refractivity contribution in [3.63, 3.8) is 0 Å². The third-order valence-corrected chi connectivity index (χ3v) is 32.3. The van der Waals surface area contributed by atoms with Crippen LogP contribution in [0.2, 0.25) is 39.3 Å². The molecule has 70 valence electrons. The van der Waals surface area contributed by atoms with Gasteiger partial charge in [-0.05, 0) is 0 Å². The summed E-state index contributed by atoms with van der Waals surface area (Å²) in [5.74, 6) is 0. The Balaban J connectivity index is 4.75. The van der Waals surface area contributed by atoms with Gasteiger partial charge in [0, 0.05) is 0 Å². The van der Waals surface area contributed by atoms with Gasteiger partial charge < -0.3 is 0 Å². The van der Waals surface area contributed by atoms with Crippen molar-refractivity contribution in [3.8, 4) is 0 Å². The SMILES string of the molecule is C[Si](C)(C)[PH](O)(O)[Si](C)(C)C. The van der Waals surface area contributed by atoms with E-state index in [2.05, 4.69) is 39.3 Å². The van der Waals surface area contributed by atoms with Crippen LogP contribution in [0.1, 0.15) is 0 Å². The van der Waals surface area contributed by atoms with Gasteiger partial charge in [-0.1, -0.05) is 0 Å². The summed E-state index contributed by atoms with van der Waals surface area (Å²) in [5.41, 5.74) is 0. The van der Waals surface area contributed by atoms with Crippen molar-refractivity contribution >= 4 is 22.3 Å². The van der Waals surface area contributed by atoms with Gasteiger partial charge in [0.1, 0.15) is 0 Å². The van der Waals surface area contributed by atoms with E-state index in [1.165, 1.54) is 0 Å². The number of rotatable bonds is 2. The van der Waals surface area contributed by atoms with Crippen molar-refractivity contribution in [2.75, 3.05) is 0 Å². The zero-order valence-electron chi connectivity index (χ0n) is 8.39. The second-order valence-electron chi connectivity index (χ2n) is 5.17. The Morgan fingerprint density at radius 3 is 0.909 bits per heavy atom. The Labute approximate surface area is 71.9 Å². The Morgan fingerprint density at radius 1 is 0.727 bits per heavy atom. The molecule has 0 aromatic carbocycles. The van der Waals surface area contributed by atoms with Gasteiger partial charge >= 0.3 is 71.4 Å². The van der Waals surface area contributed by atoms with Gasteiger partial charge in [0.05, 0.1) is 0 Å². The van der Waals surface area contributed by atoms with Crippen LogP contribution in [0.25, 0.3) is 0 Å². The molecule has 0 atom stereocenters. The monoisotopic (exact) mass is 212 g/mol. The van der Waals surface area contributed by atoms with Crippen LogP contribution in [-0.2, 0) is 0 Å². The predicted molar refractivity (Wildman–Crippen MR) is 59.4 cm³/mol. The second kappa shape index (κ2) is 2.93. The first kappa shape index (κ1) is 11.8. The van der Waals surface area contributed by atoms with Crippen molar-refractivity contribution in [2.45, 2.75) is 39.3 Å². The number of hydrogen-bond acceptors (Lipinski definition) is 2. The number of hydrogen-bond donors (Lipinski definition) is 2. The van der Waals surface area contributed by atoms with Crippen molar-refractivity contribution in [3.05, 3.63) is 0 Å². The molecule has 11 heavy (non-hydrogen) atoms. The van der Waals surface area contributed by atoms with Gasteiger partial charge in [-0.15, -0.1) is 0 Å². The van der Waals surface area contributed by atoms with Gasteiger partial charge in [0.15, 0.2) is 0 Å². The van der Waals surface area contributed by atoms with E-state index in [1.807, 2.05) is 0 Å².